The summed E-state index contributed by atoms with van der Waals surface area (Å²) in [6, 6.07) is 19.5. The van der Waals surface area contributed by atoms with Gasteiger partial charge in [0.05, 0.1) is 0 Å². The first kappa shape index (κ1) is 24.8. The van der Waals surface area contributed by atoms with E-state index in [1.807, 2.05) is 36.4 Å². The number of benzene rings is 2. The van der Waals surface area contributed by atoms with Crippen LogP contribution in [0.3, 0.4) is 0 Å². The maximum absolute atomic E-state index is 13.3. The molecule has 2 aromatic carbocycles. The summed E-state index contributed by atoms with van der Waals surface area (Å²) < 4.78 is 5.85. The summed E-state index contributed by atoms with van der Waals surface area (Å²) in [5.41, 5.74) is -0.752. The van der Waals surface area contributed by atoms with Crippen LogP contribution < -0.4 is 0 Å². The highest BCUT2D eigenvalue weighted by atomic mass is 35.5. The summed E-state index contributed by atoms with van der Waals surface area (Å²) in [5, 5.41) is 11.6. The molecule has 0 amide bonds. The molecule has 0 bridgehead atoms. The van der Waals surface area contributed by atoms with Gasteiger partial charge in [-0.3, -0.25) is 4.90 Å². The quantitative estimate of drug-likeness (QED) is 0.534. The van der Waals surface area contributed by atoms with E-state index in [1.54, 1.807) is 24.3 Å². The molecule has 0 saturated heterocycles. The number of esters is 1. The van der Waals surface area contributed by atoms with Gasteiger partial charge in [0.15, 0.2) is 0 Å². The zero-order valence-electron chi connectivity index (χ0n) is 19.0. The van der Waals surface area contributed by atoms with Gasteiger partial charge >= 0.3 is 5.97 Å². The van der Waals surface area contributed by atoms with Crippen LogP contribution in [-0.4, -0.2) is 40.7 Å². The Balaban J connectivity index is 0.00000289. The maximum atomic E-state index is 13.3. The molecule has 4 rings (SSSR count). The Bertz CT molecular complexity index is 777. The minimum absolute atomic E-state index is 0. The number of nitrogens with zero attached hydrogens (tertiary/aromatic N) is 1. The van der Waals surface area contributed by atoms with E-state index in [0.717, 1.165) is 0 Å². The van der Waals surface area contributed by atoms with E-state index in [9.17, 15) is 9.90 Å². The van der Waals surface area contributed by atoms with Crippen LogP contribution in [-0.2, 0) is 15.1 Å². The maximum Gasteiger partial charge on any atom is 0.347 e. The lowest BCUT2D eigenvalue weighted by Crippen LogP contribution is -2.49. The molecule has 1 unspecified atom stereocenters. The van der Waals surface area contributed by atoms with Crippen molar-refractivity contribution in [1.29, 1.82) is 0 Å². The smallest absolute Gasteiger partial charge is 0.347 e. The number of aliphatic hydroxyl groups is 1. The van der Waals surface area contributed by atoms with Gasteiger partial charge < -0.3 is 9.84 Å². The van der Waals surface area contributed by atoms with Crippen molar-refractivity contribution in [2.75, 3.05) is 6.61 Å². The van der Waals surface area contributed by atoms with E-state index in [1.165, 1.54) is 51.4 Å². The Kier molecular flexibility index (Phi) is 8.75. The van der Waals surface area contributed by atoms with Gasteiger partial charge in [-0.05, 0) is 43.7 Å². The molecule has 0 aromatic heterocycles. The van der Waals surface area contributed by atoms with Crippen molar-refractivity contribution in [3.05, 3.63) is 71.8 Å². The van der Waals surface area contributed by atoms with Gasteiger partial charge in [0.25, 0.3) is 0 Å². The number of halogens is 1. The summed E-state index contributed by atoms with van der Waals surface area (Å²) in [6.07, 6.45) is 10.1. The second kappa shape index (κ2) is 11.3. The molecule has 2 aliphatic carbocycles. The van der Waals surface area contributed by atoms with Crippen LogP contribution in [0.2, 0.25) is 0 Å². The van der Waals surface area contributed by atoms with E-state index in [0.29, 0.717) is 29.8 Å². The predicted molar refractivity (Wildman–Crippen MR) is 130 cm³/mol. The molecule has 2 saturated carbocycles. The molecule has 0 spiro atoms. The van der Waals surface area contributed by atoms with E-state index in [4.69, 9.17) is 4.74 Å². The zero-order valence-corrected chi connectivity index (χ0v) is 19.8. The predicted octanol–water partition coefficient (Wildman–Crippen LogP) is 5.46. The fourth-order valence-electron chi connectivity index (χ4n) is 5.57. The van der Waals surface area contributed by atoms with Gasteiger partial charge in [0.1, 0.15) is 6.61 Å². The average Bonchev–Trinajstić information content (AvgIpc) is 3.53. The van der Waals surface area contributed by atoms with Crippen LogP contribution in [0, 0.1) is 0 Å². The molecule has 0 radical (unpaired) electrons. The van der Waals surface area contributed by atoms with Crippen LogP contribution in [0.1, 0.15) is 69.4 Å². The number of carbonyl (C=O) groups is 1. The molecular formula is C27H36ClNO3. The fraction of sp³-hybridized carbons (Fsp3) is 0.519. The monoisotopic (exact) mass is 457 g/mol. The molecule has 0 aliphatic heterocycles. The molecule has 0 heterocycles. The van der Waals surface area contributed by atoms with E-state index in [-0.39, 0.29) is 18.4 Å². The first-order valence-corrected chi connectivity index (χ1v) is 11.9. The third kappa shape index (κ3) is 5.19. The van der Waals surface area contributed by atoms with Gasteiger partial charge in [-0.25, -0.2) is 4.79 Å². The lowest BCUT2D eigenvalue weighted by atomic mass is 9.86. The van der Waals surface area contributed by atoms with Crippen molar-refractivity contribution in [3.8, 4) is 0 Å². The first-order chi connectivity index (χ1) is 15.1. The highest BCUT2D eigenvalue weighted by molar-refractivity contribution is 5.85. The van der Waals surface area contributed by atoms with Gasteiger partial charge in [0, 0.05) is 18.1 Å². The van der Waals surface area contributed by atoms with Crippen LogP contribution in [0.25, 0.3) is 0 Å². The molecule has 1 N–H and O–H groups in total. The normalized spacial score (nSPS) is 18.5. The number of ether oxygens (including phenoxy) is 1. The summed E-state index contributed by atoms with van der Waals surface area (Å²) in [6.45, 7) is 2.47. The van der Waals surface area contributed by atoms with E-state index in [2.05, 4.69) is 11.8 Å². The number of carbonyl (C=O) groups excluding carboxylic acids is 1. The van der Waals surface area contributed by atoms with Gasteiger partial charge in [-0.1, -0.05) is 86.3 Å². The van der Waals surface area contributed by atoms with Gasteiger partial charge in [-0.2, -0.15) is 0 Å². The summed E-state index contributed by atoms with van der Waals surface area (Å²) in [4.78, 5) is 16.0. The van der Waals surface area contributed by atoms with E-state index < -0.39 is 11.6 Å². The van der Waals surface area contributed by atoms with Gasteiger partial charge in [-0.15, -0.1) is 12.4 Å². The van der Waals surface area contributed by atoms with Gasteiger partial charge in [0.2, 0.25) is 5.60 Å². The Morgan fingerprint density at radius 2 is 1.31 bits per heavy atom. The number of hydrogen-bond acceptors (Lipinski definition) is 4. The summed E-state index contributed by atoms with van der Waals surface area (Å²) in [5.74, 6) is -0.602. The van der Waals surface area contributed by atoms with Crippen molar-refractivity contribution < 1.29 is 14.6 Å². The number of rotatable bonds is 8. The zero-order chi connectivity index (χ0) is 21.7. The standard InChI is InChI=1S/C27H35NO3.ClH/c1-21(28(24-16-8-9-17-24)25-18-10-11-19-25)20-31-26(29)27(30,22-12-4-2-5-13-22)23-14-6-3-7-15-23;/h2-7,12-15,21,24-25,30H,8-11,16-20H2,1H3;1H. The molecule has 1 atom stereocenters. The summed E-state index contributed by atoms with van der Waals surface area (Å²) in [7, 11) is 0. The molecule has 174 valence electrons. The van der Waals surface area contributed by atoms with Crippen LogP contribution in [0.15, 0.2) is 60.7 Å². The average molecular weight is 458 g/mol. The molecule has 5 heteroatoms. The van der Waals surface area contributed by atoms with Crippen LogP contribution in [0.4, 0.5) is 0 Å². The number of hydrogen-bond donors (Lipinski definition) is 1. The SMILES string of the molecule is CC(COC(=O)C(O)(c1ccccc1)c1ccccc1)N(C1CCCC1)C1CCCC1.Cl. The minimum Gasteiger partial charge on any atom is -0.461 e. The third-order valence-electron chi connectivity index (χ3n) is 7.14. The highest BCUT2D eigenvalue weighted by Crippen LogP contribution is 2.34. The Hall–Kier alpha value is -1.88. The Morgan fingerprint density at radius 3 is 1.72 bits per heavy atom. The molecule has 2 aromatic rings. The Labute approximate surface area is 198 Å². The first-order valence-electron chi connectivity index (χ1n) is 11.9. The van der Waals surface area contributed by atoms with Crippen molar-refractivity contribution in [1.82, 2.24) is 4.90 Å². The Morgan fingerprint density at radius 1 is 0.906 bits per heavy atom. The summed E-state index contributed by atoms with van der Waals surface area (Å²) >= 11 is 0. The largest absolute Gasteiger partial charge is 0.461 e. The molecule has 2 fully saturated rings. The van der Waals surface area contributed by atoms with Crippen molar-refractivity contribution >= 4 is 18.4 Å². The molecule has 2 aliphatic rings. The molecular weight excluding hydrogens is 422 g/mol. The molecule has 32 heavy (non-hydrogen) atoms. The minimum atomic E-state index is -1.81. The van der Waals surface area contributed by atoms with E-state index >= 15 is 0 Å². The molecule has 4 nitrogen and oxygen atoms in total. The lowest BCUT2D eigenvalue weighted by Gasteiger charge is -2.39. The van der Waals surface area contributed by atoms with Crippen molar-refractivity contribution in [2.24, 2.45) is 0 Å². The third-order valence-corrected chi connectivity index (χ3v) is 7.14. The highest BCUT2D eigenvalue weighted by Gasteiger charge is 2.42. The van der Waals surface area contributed by atoms with Crippen molar-refractivity contribution in [2.45, 2.75) is 82.0 Å². The fourth-order valence-corrected chi connectivity index (χ4v) is 5.57. The lowest BCUT2D eigenvalue weighted by molar-refractivity contribution is -0.164. The van der Waals surface area contributed by atoms with Crippen LogP contribution >= 0.6 is 12.4 Å². The second-order valence-electron chi connectivity index (χ2n) is 9.21. The van der Waals surface area contributed by atoms with Crippen molar-refractivity contribution in [3.63, 3.8) is 0 Å². The van der Waals surface area contributed by atoms with Crippen LogP contribution in [0.5, 0.6) is 0 Å². The topological polar surface area (TPSA) is 49.8 Å². The second-order valence-corrected chi connectivity index (χ2v) is 9.21.